The number of carbonyl (C=O) groups is 1. The average Bonchev–Trinajstić information content (AvgIpc) is 2.87. The Morgan fingerprint density at radius 2 is 1.75 bits per heavy atom. The molecule has 0 fully saturated rings. The van der Waals surface area contributed by atoms with Crippen molar-refractivity contribution in [1.29, 1.82) is 5.41 Å². The second kappa shape index (κ2) is 12.1. The van der Waals surface area contributed by atoms with Crippen molar-refractivity contribution in [3.63, 3.8) is 0 Å². The zero-order chi connectivity index (χ0) is 26.1. The van der Waals surface area contributed by atoms with E-state index < -0.39 is 17.8 Å². The van der Waals surface area contributed by atoms with Crippen LogP contribution in [0.2, 0.25) is 0 Å². The van der Waals surface area contributed by atoms with Gasteiger partial charge < -0.3 is 19.3 Å². The second-order valence-electron chi connectivity index (χ2n) is 7.62. The molecule has 1 heterocycles. The largest absolute Gasteiger partial charge is 0.486 e. The molecule has 3 aromatic carbocycles. The van der Waals surface area contributed by atoms with Crippen molar-refractivity contribution in [2.24, 2.45) is 0 Å². The lowest BCUT2D eigenvalue weighted by molar-refractivity contribution is -0.137. The van der Waals surface area contributed by atoms with E-state index in [-0.39, 0.29) is 11.8 Å². The number of anilines is 1. The summed E-state index contributed by atoms with van der Waals surface area (Å²) < 4.78 is 53.1. The summed E-state index contributed by atoms with van der Waals surface area (Å²) in [5, 5.41) is 18.5. The normalized spacial score (nSPS) is 14.3. The number of hydrogen-bond acceptors (Lipinski definition) is 5. The Bertz CT molecular complexity index is 1170. The summed E-state index contributed by atoms with van der Waals surface area (Å²) in [4.78, 5) is 10.1. The molecule has 0 bridgehead atoms. The van der Waals surface area contributed by atoms with Gasteiger partial charge in [0.15, 0.2) is 17.6 Å². The fraction of sp³-hybridized carbons (Fsp3) is 0.231. The molecule has 0 spiro atoms. The molecular formula is C26H25F3N2O5. The summed E-state index contributed by atoms with van der Waals surface area (Å²) in [6.45, 7) is 3.61. The maximum atomic E-state index is 12.0. The molecule has 1 amide bonds. The molecule has 190 valence electrons. The van der Waals surface area contributed by atoms with Crippen molar-refractivity contribution >= 4 is 17.5 Å². The molecular weight excluding hydrogens is 477 g/mol. The van der Waals surface area contributed by atoms with Crippen molar-refractivity contribution in [3.8, 4) is 11.5 Å². The van der Waals surface area contributed by atoms with Gasteiger partial charge in [0.2, 0.25) is 0 Å². The predicted molar refractivity (Wildman–Crippen MR) is 128 cm³/mol. The van der Waals surface area contributed by atoms with E-state index in [0.29, 0.717) is 31.3 Å². The van der Waals surface area contributed by atoms with E-state index in [1.54, 1.807) is 0 Å². The first-order valence-electron chi connectivity index (χ1n) is 11.0. The summed E-state index contributed by atoms with van der Waals surface area (Å²) in [6.07, 6.45) is -5.82. The lowest BCUT2D eigenvalue weighted by Crippen LogP contribution is -2.33. The topological polar surface area (TPSA) is 101 Å². The minimum absolute atomic E-state index is 0.102. The van der Waals surface area contributed by atoms with Gasteiger partial charge in [-0.2, -0.15) is 13.2 Å². The van der Waals surface area contributed by atoms with E-state index in [0.717, 1.165) is 41.1 Å². The maximum Gasteiger partial charge on any atom is 0.416 e. The highest BCUT2D eigenvalue weighted by molar-refractivity contribution is 6.11. The molecule has 1 unspecified atom stereocenters. The van der Waals surface area contributed by atoms with Crippen LogP contribution >= 0.6 is 0 Å². The van der Waals surface area contributed by atoms with Gasteiger partial charge in [0.1, 0.15) is 6.61 Å². The number of nitrogens with one attached hydrogen (secondary N) is 2. The van der Waals surface area contributed by atoms with Crippen LogP contribution in [-0.2, 0) is 10.9 Å². The molecule has 0 aliphatic carbocycles. The molecule has 0 radical (unpaired) electrons. The summed E-state index contributed by atoms with van der Waals surface area (Å²) >= 11 is 0. The molecule has 3 N–H and O–H groups in total. The number of rotatable bonds is 6. The third-order valence-corrected chi connectivity index (χ3v) is 4.98. The van der Waals surface area contributed by atoms with Gasteiger partial charge in [0.25, 0.3) is 0 Å². The van der Waals surface area contributed by atoms with Gasteiger partial charge in [-0.15, -0.1) is 0 Å². The first kappa shape index (κ1) is 26.6. The Morgan fingerprint density at radius 3 is 2.36 bits per heavy atom. The summed E-state index contributed by atoms with van der Waals surface area (Å²) in [7, 11) is 0. The smallest absolute Gasteiger partial charge is 0.416 e. The molecule has 0 aromatic heterocycles. The van der Waals surface area contributed by atoms with Crippen LogP contribution in [-0.4, -0.2) is 42.8 Å². The van der Waals surface area contributed by atoms with Gasteiger partial charge in [-0.25, -0.2) is 4.79 Å². The third kappa shape index (κ3) is 7.47. The van der Waals surface area contributed by atoms with Crippen LogP contribution in [0.25, 0.3) is 0 Å². The van der Waals surface area contributed by atoms with Gasteiger partial charge in [-0.1, -0.05) is 30.3 Å². The van der Waals surface area contributed by atoms with E-state index in [1.807, 2.05) is 60.8 Å². The summed E-state index contributed by atoms with van der Waals surface area (Å²) in [5.74, 6) is 1.39. The lowest BCUT2D eigenvalue weighted by atomic mass is 10.0. The molecule has 0 saturated heterocycles. The molecule has 10 heteroatoms. The highest BCUT2D eigenvalue weighted by Gasteiger charge is 2.30. The van der Waals surface area contributed by atoms with Crippen LogP contribution in [0.5, 0.6) is 11.5 Å². The standard InChI is InChI=1S/C18H19NO3.C8H6F3NO2/c1-2-20-11-15-12-21-16-9-8-14(10-17(16)22-15)18(19)13-6-4-3-5-7-13;9-8(10,11)5-1-3-6(4-2-5)12-7(13)14/h3-10,15,19H,2,11-12H2,1H3;1-4,12H,(H,13,14). The zero-order valence-corrected chi connectivity index (χ0v) is 19.3. The minimum atomic E-state index is -4.40. The molecule has 7 nitrogen and oxygen atoms in total. The van der Waals surface area contributed by atoms with Crippen LogP contribution < -0.4 is 14.8 Å². The highest BCUT2D eigenvalue weighted by atomic mass is 19.4. The number of hydrogen-bond donors (Lipinski definition) is 3. The Morgan fingerprint density at radius 1 is 1.06 bits per heavy atom. The second-order valence-corrected chi connectivity index (χ2v) is 7.62. The SMILES string of the molecule is CCOCC1COc2ccc(C(=N)c3ccccc3)cc2O1.O=C(O)Nc1ccc(C(F)(F)F)cc1. The Balaban J connectivity index is 0.000000223. The lowest BCUT2D eigenvalue weighted by Gasteiger charge is -2.26. The van der Waals surface area contributed by atoms with Crippen molar-refractivity contribution in [1.82, 2.24) is 0 Å². The quantitative estimate of drug-likeness (QED) is 0.355. The number of fused-ring (bicyclic) bond motifs is 1. The maximum absolute atomic E-state index is 12.0. The first-order chi connectivity index (χ1) is 17.2. The number of ether oxygens (including phenoxy) is 3. The van der Waals surface area contributed by atoms with Gasteiger partial charge in [-0.05, 0) is 55.0 Å². The molecule has 0 saturated carbocycles. The average molecular weight is 502 g/mol. The van der Waals surface area contributed by atoms with Gasteiger partial charge in [-0.3, -0.25) is 10.7 Å². The van der Waals surface area contributed by atoms with E-state index in [4.69, 9.17) is 24.7 Å². The zero-order valence-electron chi connectivity index (χ0n) is 19.3. The molecule has 1 aliphatic rings. The van der Waals surface area contributed by atoms with E-state index in [2.05, 4.69) is 0 Å². The van der Waals surface area contributed by atoms with Crippen molar-refractivity contribution in [2.75, 3.05) is 25.1 Å². The fourth-order valence-corrected chi connectivity index (χ4v) is 3.24. The van der Waals surface area contributed by atoms with Gasteiger partial charge in [0.05, 0.1) is 17.9 Å². The van der Waals surface area contributed by atoms with Crippen molar-refractivity contribution < 1.29 is 37.3 Å². The first-order valence-corrected chi connectivity index (χ1v) is 11.0. The van der Waals surface area contributed by atoms with E-state index >= 15 is 0 Å². The van der Waals surface area contributed by atoms with Crippen LogP contribution in [0, 0.1) is 5.41 Å². The monoisotopic (exact) mass is 502 g/mol. The van der Waals surface area contributed by atoms with Gasteiger partial charge >= 0.3 is 12.3 Å². The van der Waals surface area contributed by atoms with Crippen molar-refractivity contribution in [2.45, 2.75) is 19.2 Å². The Labute approximate surface area is 205 Å². The third-order valence-electron chi connectivity index (χ3n) is 4.98. The summed E-state index contributed by atoms with van der Waals surface area (Å²) in [6, 6.07) is 19.0. The minimum Gasteiger partial charge on any atom is -0.486 e. The number of carboxylic acid groups (broad SMARTS) is 1. The fourth-order valence-electron chi connectivity index (χ4n) is 3.24. The molecule has 4 rings (SSSR count). The number of benzene rings is 3. The van der Waals surface area contributed by atoms with E-state index in [1.165, 1.54) is 0 Å². The molecule has 36 heavy (non-hydrogen) atoms. The predicted octanol–water partition coefficient (Wildman–Crippen LogP) is 6.07. The van der Waals surface area contributed by atoms with Crippen LogP contribution in [0.3, 0.4) is 0 Å². The Kier molecular flexibility index (Phi) is 8.91. The van der Waals surface area contributed by atoms with Crippen LogP contribution in [0.4, 0.5) is 23.7 Å². The summed E-state index contributed by atoms with van der Waals surface area (Å²) in [5.41, 5.74) is 1.45. The Hall–Kier alpha value is -4.05. The van der Waals surface area contributed by atoms with Crippen molar-refractivity contribution in [3.05, 3.63) is 89.5 Å². The molecule has 1 atom stereocenters. The number of halogens is 3. The number of amides is 1. The van der Waals surface area contributed by atoms with E-state index in [9.17, 15) is 18.0 Å². The number of alkyl halides is 3. The van der Waals surface area contributed by atoms with Crippen LogP contribution in [0.15, 0.2) is 72.8 Å². The highest BCUT2D eigenvalue weighted by Crippen LogP contribution is 2.33. The van der Waals surface area contributed by atoms with Crippen LogP contribution in [0.1, 0.15) is 23.6 Å². The van der Waals surface area contributed by atoms with Gasteiger partial charge in [0, 0.05) is 17.9 Å². The molecule has 1 aliphatic heterocycles. The molecule has 3 aromatic rings.